The summed E-state index contributed by atoms with van der Waals surface area (Å²) in [6.07, 6.45) is 5.50. The third-order valence-corrected chi connectivity index (χ3v) is 14.3. The Bertz CT molecular complexity index is 2460. The lowest BCUT2D eigenvalue weighted by Crippen LogP contribution is -2.61. The van der Waals surface area contributed by atoms with Gasteiger partial charge in [0.2, 0.25) is 35.4 Å². The van der Waals surface area contributed by atoms with Crippen molar-refractivity contribution in [3.8, 4) is 0 Å². The number of nitrogens with one attached hydrogen (secondary N) is 7. The number of hydrogen-bond donors (Lipinski definition) is 7. The van der Waals surface area contributed by atoms with Crippen molar-refractivity contribution < 1.29 is 33.6 Å². The van der Waals surface area contributed by atoms with Crippen LogP contribution in [-0.2, 0) is 54.6 Å². The fourth-order valence-corrected chi connectivity index (χ4v) is 10.6. The number of carbonyl (C=O) groups excluding carboxylic acids is 7. The Kier molecular flexibility index (Phi) is 16.2. The van der Waals surface area contributed by atoms with Crippen LogP contribution >= 0.6 is 0 Å². The molecule has 2 aliphatic heterocycles. The minimum atomic E-state index is -0.965. The Balaban J connectivity index is 1.15. The molecule has 0 spiro atoms. The normalized spacial score (nSPS) is 21.7. The molecule has 1 fully saturated rings. The van der Waals surface area contributed by atoms with Crippen molar-refractivity contribution >= 4 is 41.4 Å². The highest BCUT2D eigenvalue weighted by atomic mass is 16.2. The average Bonchev–Trinajstić information content (AvgIpc) is 3.75. The largest absolute Gasteiger partial charge is 0.347 e. The Morgan fingerprint density at radius 1 is 0.600 bits per heavy atom. The maximum Gasteiger partial charge on any atom is 0.251 e. The summed E-state index contributed by atoms with van der Waals surface area (Å²) in [5.74, 6) is -2.60. The highest BCUT2D eigenvalue weighted by molar-refractivity contribution is 5.97. The molecule has 0 radical (unpaired) electrons. The Morgan fingerprint density at radius 3 is 1.61 bits per heavy atom. The number of aryl methyl sites for hydroxylation is 2. The topological polar surface area (TPSA) is 210 Å². The molecule has 1 saturated heterocycles. The van der Waals surface area contributed by atoms with Crippen LogP contribution in [-0.4, -0.2) is 115 Å². The average molecular weight is 960 g/mol. The number of nitrogens with zero attached hydrogens (tertiary/aromatic N) is 2. The van der Waals surface area contributed by atoms with Crippen LogP contribution in [0.4, 0.5) is 0 Å². The van der Waals surface area contributed by atoms with Crippen molar-refractivity contribution in [3.63, 3.8) is 0 Å². The summed E-state index contributed by atoms with van der Waals surface area (Å²) in [5.41, 5.74) is 4.85. The van der Waals surface area contributed by atoms with Crippen LogP contribution in [0.25, 0.3) is 0 Å². The first-order valence-electron chi connectivity index (χ1n) is 24.9. The van der Waals surface area contributed by atoms with Crippen molar-refractivity contribution in [1.82, 2.24) is 47.0 Å². The summed E-state index contributed by atoms with van der Waals surface area (Å²) < 4.78 is 0. The third kappa shape index (κ3) is 11.9. The maximum atomic E-state index is 14.8. The molecule has 0 aromatic heterocycles. The van der Waals surface area contributed by atoms with E-state index in [1.165, 1.54) is 16.0 Å². The summed E-state index contributed by atoms with van der Waals surface area (Å²) >= 11 is 0. The third-order valence-electron chi connectivity index (χ3n) is 14.3. The van der Waals surface area contributed by atoms with E-state index in [1.807, 2.05) is 84.0 Å². The van der Waals surface area contributed by atoms with Gasteiger partial charge in [0.25, 0.3) is 5.91 Å². The van der Waals surface area contributed by atoms with Gasteiger partial charge in [-0.1, -0.05) is 96.1 Å². The molecule has 3 aromatic rings. The number of hydrogen-bond acceptors (Lipinski definition) is 9. The molecule has 0 bridgehead atoms. The van der Waals surface area contributed by atoms with Crippen LogP contribution in [0.1, 0.15) is 129 Å². The van der Waals surface area contributed by atoms with Crippen LogP contribution in [0.2, 0.25) is 0 Å². The van der Waals surface area contributed by atoms with Crippen molar-refractivity contribution in [2.75, 3.05) is 33.7 Å². The van der Waals surface area contributed by atoms with Gasteiger partial charge in [-0.15, -0.1) is 0 Å². The lowest BCUT2D eigenvalue weighted by Gasteiger charge is -2.41. The molecular formula is C54H73N9O7. The zero-order valence-corrected chi connectivity index (χ0v) is 42.1. The highest BCUT2D eigenvalue weighted by Gasteiger charge is 2.47. The smallest absolute Gasteiger partial charge is 0.251 e. The highest BCUT2D eigenvalue weighted by Crippen LogP contribution is 2.34. The lowest BCUT2D eigenvalue weighted by molar-refractivity contribution is -0.147. The van der Waals surface area contributed by atoms with Gasteiger partial charge in [0, 0.05) is 31.1 Å². The van der Waals surface area contributed by atoms with E-state index >= 15 is 0 Å². The van der Waals surface area contributed by atoms with Gasteiger partial charge in [0.15, 0.2) is 0 Å². The number of likely N-dealkylation sites (N-methyl/N-ethyl adjacent to an activating group) is 2. The van der Waals surface area contributed by atoms with E-state index in [0.29, 0.717) is 11.1 Å². The summed E-state index contributed by atoms with van der Waals surface area (Å²) in [5, 5.41) is 21.1. The second-order valence-corrected chi connectivity index (χ2v) is 21.7. The Hall–Kier alpha value is -6.13. The number of rotatable bonds is 14. The van der Waals surface area contributed by atoms with Crippen LogP contribution in [0.3, 0.4) is 0 Å². The predicted molar refractivity (Wildman–Crippen MR) is 267 cm³/mol. The summed E-state index contributed by atoms with van der Waals surface area (Å²) in [6, 6.07) is 16.6. The molecule has 2 aliphatic carbocycles. The number of benzene rings is 3. The van der Waals surface area contributed by atoms with E-state index < -0.39 is 58.8 Å². The molecule has 16 nitrogen and oxygen atoms in total. The first-order valence-corrected chi connectivity index (χ1v) is 24.9. The summed E-state index contributed by atoms with van der Waals surface area (Å²) in [4.78, 5) is 102. The standard InChI is InChI=1S/C54H73N9O7/c1-53(2,3)46(60-44(64)28-55-7)51(69)62-30-36-25-35(24-23-34(36)26-42(62)49(67)58-40-21-13-17-32-15-9-11-19-38(32)40)48(66)57-37-27-43(50(68)59-41-22-14-18-33-16-10-12-20-39(33)41)63(31-37)52(70)47(54(4,5)6)61-45(65)29-56-8/h9-12,15-16,19-20,23-25,37,40-43,46-47,55-56H,13-14,17-18,21-22,26-31H2,1-8H3,(H,57,66)(H,58,67)(H,59,68)(H,60,64)(H,61,65)/t37?,40?,41-,42?,43+,46?,47-/m1/s1. The number of amides is 7. The molecule has 0 saturated carbocycles. The van der Waals surface area contributed by atoms with E-state index in [0.717, 1.165) is 55.2 Å². The fraction of sp³-hybridized carbons (Fsp3) is 0.537. The lowest BCUT2D eigenvalue weighted by atomic mass is 9.83. The van der Waals surface area contributed by atoms with Gasteiger partial charge in [0.05, 0.1) is 25.2 Å². The van der Waals surface area contributed by atoms with Gasteiger partial charge in [-0.25, -0.2) is 0 Å². The molecule has 2 heterocycles. The van der Waals surface area contributed by atoms with Gasteiger partial charge in [0.1, 0.15) is 24.2 Å². The number of likely N-dealkylation sites (tertiary alicyclic amines) is 1. The fourth-order valence-electron chi connectivity index (χ4n) is 10.6. The van der Waals surface area contributed by atoms with E-state index in [-0.39, 0.29) is 74.7 Å². The van der Waals surface area contributed by atoms with E-state index in [9.17, 15) is 33.6 Å². The molecule has 7 N–H and O–H groups in total. The zero-order valence-electron chi connectivity index (χ0n) is 42.1. The van der Waals surface area contributed by atoms with Crippen LogP contribution < -0.4 is 37.2 Å². The van der Waals surface area contributed by atoms with Crippen molar-refractivity contribution in [3.05, 3.63) is 106 Å². The Morgan fingerprint density at radius 2 is 1.10 bits per heavy atom. The van der Waals surface area contributed by atoms with Crippen LogP contribution in [0, 0.1) is 10.8 Å². The monoisotopic (exact) mass is 960 g/mol. The molecular weight excluding hydrogens is 887 g/mol. The number of fused-ring (bicyclic) bond motifs is 3. The minimum Gasteiger partial charge on any atom is -0.347 e. The van der Waals surface area contributed by atoms with Crippen LogP contribution in [0.5, 0.6) is 0 Å². The van der Waals surface area contributed by atoms with Gasteiger partial charge in [-0.2, -0.15) is 0 Å². The second kappa shape index (κ2) is 21.9. The van der Waals surface area contributed by atoms with Crippen molar-refractivity contribution in [2.45, 2.75) is 142 Å². The van der Waals surface area contributed by atoms with Gasteiger partial charge >= 0.3 is 0 Å². The maximum absolute atomic E-state index is 14.8. The summed E-state index contributed by atoms with van der Waals surface area (Å²) in [6.45, 7) is 11.2. The second-order valence-electron chi connectivity index (χ2n) is 21.7. The van der Waals surface area contributed by atoms with Crippen molar-refractivity contribution in [2.24, 2.45) is 10.8 Å². The molecule has 70 heavy (non-hydrogen) atoms. The molecule has 4 unspecified atom stereocenters. The first kappa shape index (κ1) is 51.7. The van der Waals surface area contributed by atoms with E-state index in [4.69, 9.17) is 0 Å². The van der Waals surface area contributed by atoms with Crippen LogP contribution in [0.15, 0.2) is 66.7 Å². The van der Waals surface area contributed by atoms with Crippen molar-refractivity contribution in [1.29, 1.82) is 0 Å². The molecule has 7 rings (SSSR count). The predicted octanol–water partition coefficient (Wildman–Crippen LogP) is 3.53. The van der Waals surface area contributed by atoms with Gasteiger partial charge < -0.3 is 47.0 Å². The first-order chi connectivity index (χ1) is 33.3. The van der Waals surface area contributed by atoms with Gasteiger partial charge in [-0.05, 0) is 115 Å². The zero-order chi connectivity index (χ0) is 50.5. The molecule has 16 heteroatoms. The van der Waals surface area contributed by atoms with E-state index in [2.05, 4.69) is 49.4 Å². The summed E-state index contributed by atoms with van der Waals surface area (Å²) in [7, 11) is 3.30. The molecule has 3 aromatic carbocycles. The van der Waals surface area contributed by atoms with E-state index in [1.54, 1.807) is 31.1 Å². The number of carbonyl (C=O) groups is 7. The van der Waals surface area contributed by atoms with Gasteiger partial charge in [-0.3, -0.25) is 33.6 Å². The molecule has 7 atom stereocenters. The SMILES string of the molecule is CNCC(=O)NC(C(=O)N1Cc2cc(C(=O)NC3C[C@@H](C(=O)N[C@@H]4CCCc5ccccc54)N(C(=O)[C@@H](NC(=O)CNC)C(C)(C)C)C3)ccc2CC1C(=O)NC1CCCc2ccccc21)C(C)(C)C. The molecule has 376 valence electrons. The molecule has 7 amide bonds. The molecule has 4 aliphatic rings. The minimum absolute atomic E-state index is 0.00392. The Labute approximate surface area is 412 Å². The quantitative estimate of drug-likeness (QED) is 0.126.